The molecule has 1 rings (SSSR count). The van der Waals surface area contributed by atoms with Crippen molar-refractivity contribution < 1.29 is 22.3 Å². The number of hydrogen-bond acceptors (Lipinski definition) is 5. The molecule has 0 aromatic carbocycles. The zero-order chi connectivity index (χ0) is 12.9. The molecule has 0 spiro atoms. The predicted molar refractivity (Wildman–Crippen MR) is 54.9 cm³/mol. The van der Waals surface area contributed by atoms with Crippen LogP contribution in [0.5, 0.6) is 0 Å². The Kier molecular flexibility index (Phi) is 4.35. The summed E-state index contributed by atoms with van der Waals surface area (Å²) < 4.78 is 42.5. The highest BCUT2D eigenvalue weighted by molar-refractivity contribution is 7.89. The van der Waals surface area contributed by atoms with Gasteiger partial charge in [-0.25, -0.2) is 27.3 Å². The molecule has 0 radical (unpaired) electrons. The lowest BCUT2D eigenvalue weighted by Gasteiger charge is -2.06. The van der Waals surface area contributed by atoms with Gasteiger partial charge in [0, 0.05) is 12.7 Å². The summed E-state index contributed by atoms with van der Waals surface area (Å²) in [5.41, 5.74) is 4.67. The van der Waals surface area contributed by atoms with Crippen molar-refractivity contribution in [3.05, 3.63) is 24.1 Å². The minimum absolute atomic E-state index is 0.221. The third kappa shape index (κ3) is 3.96. The van der Waals surface area contributed by atoms with E-state index in [4.69, 9.17) is 0 Å². The Bertz CT molecular complexity index is 505. The Morgan fingerprint density at radius 2 is 2.29 bits per heavy atom. The number of halogens is 1. The Hall–Kier alpha value is -1.74. The van der Waals surface area contributed by atoms with Crippen molar-refractivity contribution in [2.45, 2.75) is 5.03 Å². The van der Waals surface area contributed by atoms with Gasteiger partial charge in [-0.05, 0) is 12.1 Å². The molecule has 1 aromatic heterocycles. The molecule has 0 aliphatic rings. The van der Waals surface area contributed by atoms with Crippen LogP contribution in [-0.4, -0.2) is 32.6 Å². The molecule has 9 heteroatoms. The van der Waals surface area contributed by atoms with Gasteiger partial charge in [0.1, 0.15) is 6.61 Å². The van der Waals surface area contributed by atoms with Crippen molar-refractivity contribution >= 4 is 16.1 Å². The zero-order valence-corrected chi connectivity index (χ0v) is 9.41. The van der Waals surface area contributed by atoms with Crippen molar-refractivity contribution in [2.75, 3.05) is 13.2 Å². The molecular weight excluding hydrogens is 253 g/mol. The smallest absolute Gasteiger partial charge is 0.404 e. The number of carbonyl (C=O) groups is 1. The third-order valence-electron chi connectivity index (χ3n) is 1.62. The fourth-order valence-electron chi connectivity index (χ4n) is 0.965. The van der Waals surface area contributed by atoms with E-state index >= 15 is 0 Å². The second-order valence-electron chi connectivity index (χ2n) is 2.86. The van der Waals surface area contributed by atoms with Gasteiger partial charge in [-0.15, -0.1) is 0 Å². The van der Waals surface area contributed by atoms with Crippen molar-refractivity contribution in [3.8, 4) is 0 Å². The molecule has 94 valence electrons. The van der Waals surface area contributed by atoms with E-state index in [0.717, 1.165) is 12.3 Å². The van der Waals surface area contributed by atoms with Crippen LogP contribution in [0.15, 0.2) is 23.4 Å². The lowest BCUT2D eigenvalue weighted by Crippen LogP contribution is -2.30. The topological polar surface area (TPSA) is 111 Å². The van der Waals surface area contributed by atoms with E-state index in [2.05, 4.69) is 15.5 Å². The lowest BCUT2D eigenvalue weighted by atomic mass is 10.5. The fourth-order valence-corrected chi connectivity index (χ4v) is 1.98. The molecular formula is C8H10FN3O4S. The minimum atomic E-state index is -4.06. The Morgan fingerprint density at radius 3 is 2.88 bits per heavy atom. The first-order valence-corrected chi connectivity index (χ1v) is 5.94. The highest BCUT2D eigenvalue weighted by Gasteiger charge is 2.19. The molecule has 0 saturated carbocycles. The number of pyridine rings is 1. The number of aromatic nitrogens is 1. The molecule has 0 unspecified atom stereocenters. The first-order valence-electron chi connectivity index (χ1n) is 4.46. The molecule has 3 N–H and O–H groups in total. The highest BCUT2D eigenvalue weighted by Crippen LogP contribution is 2.08. The first-order chi connectivity index (χ1) is 7.93. The molecule has 0 saturated heterocycles. The van der Waals surface area contributed by atoms with Gasteiger partial charge in [0.25, 0.3) is 10.0 Å². The number of sulfonamides is 1. The van der Waals surface area contributed by atoms with E-state index in [0.29, 0.717) is 0 Å². The van der Waals surface area contributed by atoms with E-state index < -0.39 is 27.0 Å². The molecule has 0 bridgehead atoms. The van der Waals surface area contributed by atoms with Crippen LogP contribution in [0.25, 0.3) is 0 Å². The summed E-state index contributed by atoms with van der Waals surface area (Å²) >= 11 is 0. The van der Waals surface area contributed by atoms with E-state index in [1.807, 2.05) is 4.72 Å². The van der Waals surface area contributed by atoms with Crippen LogP contribution in [0.1, 0.15) is 0 Å². The first kappa shape index (κ1) is 13.3. The number of amides is 1. The second-order valence-corrected chi connectivity index (χ2v) is 4.54. The monoisotopic (exact) mass is 263 g/mol. The summed E-state index contributed by atoms with van der Waals surface area (Å²) in [6.07, 6.45) is 0.130. The molecule has 0 aliphatic carbocycles. The van der Waals surface area contributed by atoms with Crippen LogP contribution in [0, 0.1) is 5.82 Å². The Labute approximate surface area is 96.8 Å². The van der Waals surface area contributed by atoms with Gasteiger partial charge in [0.05, 0.1) is 0 Å². The maximum atomic E-state index is 13.1. The predicted octanol–water partition coefficient (Wildman–Crippen LogP) is -0.406. The van der Waals surface area contributed by atoms with Gasteiger partial charge >= 0.3 is 6.09 Å². The fraction of sp³-hybridized carbons (Fsp3) is 0.250. The molecule has 1 heterocycles. The summed E-state index contributed by atoms with van der Waals surface area (Å²) in [4.78, 5) is 13.6. The average molecular weight is 263 g/mol. The number of primary amides is 1. The minimum Gasteiger partial charge on any atom is -0.448 e. The van der Waals surface area contributed by atoms with Crippen LogP contribution in [0.4, 0.5) is 9.18 Å². The number of nitrogens with two attached hydrogens (primary N) is 1. The molecule has 0 fully saturated rings. The SMILES string of the molecule is NC(=O)OCCNS(=O)(=O)c1ncccc1F. The van der Waals surface area contributed by atoms with Gasteiger partial charge in [-0.3, -0.25) is 0 Å². The Balaban J connectivity index is 2.64. The highest BCUT2D eigenvalue weighted by atomic mass is 32.2. The summed E-state index contributed by atoms with van der Waals surface area (Å²) in [6.45, 7) is -0.468. The summed E-state index contributed by atoms with van der Waals surface area (Å²) in [5, 5.41) is -0.709. The van der Waals surface area contributed by atoms with Crippen molar-refractivity contribution in [3.63, 3.8) is 0 Å². The van der Waals surface area contributed by atoms with Crippen molar-refractivity contribution in [1.82, 2.24) is 9.71 Å². The third-order valence-corrected chi connectivity index (χ3v) is 3.01. The number of nitrogens with zero attached hydrogens (tertiary/aromatic N) is 1. The maximum Gasteiger partial charge on any atom is 0.404 e. The quantitative estimate of drug-likeness (QED) is 0.702. The summed E-state index contributed by atoms with van der Waals surface area (Å²) in [6, 6.07) is 2.24. The summed E-state index contributed by atoms with van der Waals surface area (Å²) in [5.74, 6) is -0.962. The number of nitrogens with one attached hydrogen (secondary N) is 1. The molecule has 0 aliphatic heterocycles. The van der Waals surface area contributed by atoms with E-state index in [-0.39, 0.29) is 13.2 Å². The maximum absolute atomic E-state index is 13.1. The molecule has 7 nitrogen and oxygen atoms in total. The average Bonchev–Trinajstić information content (AvgIpc) is 2.24. The number of carbonyl (C=O) groups excluding carboxylic acids is 1. The lowest BCUT2D eigenvalue weighted by molar-refractivity contribution is 0.159. The van der Waals surface area contributed by atoms with E-state index in [1.54, 1.807) is 0 Å². The second kappa shape index (κ2) is 5.55. The van der Waals surface area contributed by atoms with Crippen LogP contribution in [0.3, 0.4) is 0 Å². The normalized spacial score (nSPS) is 11.1. The standard InChI is InChI=1S/C8H10FN3O4S/c9-6-2-1-3-11-7(6)17(14,15)12-4-5-16-8(10)13/h1-3,12H,4-5H2,(H2,10,13). The Morgan fingerprint density at radius 1 is 1.59 bits per heavy atom. The molecule has 1 aromatic rings. The number of ether oxygens (including phenoxy) is 1. The number of rotatable bonds is 5. The van der Waals surface area contributed by atoms with Crippen molar-refractivity contribution in [2.24, 2.45) is 5.73 Å². The number of hydrogen-bond donors (Lipinski definition) is 2. The van der Waals surface area contributed by atoms with Crippen molar-refractivity contribution in [1.29, 1.82) is 0 Å². The molecule has 17 heavy (non-hydrogen) atoms. The van der Waals surface area contributed by atoms with Crippen LogP contribution >= 0.6 is 0 Å². The van der Waals surface area contributed by atoms with Crippen LogP contribution < -0.4 is 10.5 Å². The molecule has 0 atom stereocenters. The van der Waals surface area contributed by atoms with Crippen LogP contribution in [-0.2, 0) is 14.8 Å². The van der Waals surface area contributed by atoms with Gasteiger partial charge in [-0.2, -0.15) is 0 Å². The zero-order valence-electron chi connectivity index (χ0n) is 8.59. The van der Waals surface area contributed by atoms with Gasteiger partial charge in [0.2, 0.25) is 5.03 Å². The van der Waals surface area contributed by atoms with Gasteiger partial charge in [-0.1, -0.05) is 0 Å². The van der Waals surface area contributed by atoms with Gasteiger partial charge in [0.15, 0.2) is 5.82 Å². The van der Waals surface area contributed by atoms with E-state index in [1.165, 1.54) is 6.07 Å². The summed E-state index contributed by atoms with van der Waals surface area (Å²) in [7, 11) is -4.06. The van der Waals surface area contributed by atoms with E-state index in [9.17, 15) is 17.6 Å². The van der Waals surface area contributed by atoms with Crippen LogP contribution in [0.2, 0.25) is 0 Å². The largest absolute Gasteiger partial charge is 0.448 e. The van der Waals surface area contributed by atoms with Gasteiger partial charge < -0.3 is 10.5 Å². The molecule has 1 amide bonds.